The Labute approximate surface area is 175 Å². The van der Waals surface area contributed by atoms with Gasteiger partial charge >= 0.3 is 0 Å². The Morgan fingerprint density at radius 1 is 1.10 bits per heavy atom. The third kappa shape index (κ3) is 5.03. The van der Waals surface area contributed by atoms with Gasteiger partial charge in [0.05, 0.1) is 12.1 Å². The highest BCUT2D eigenvalue weighted by Crippen LogP contribution is 2.26. The minimum atomic E-state index is -0.769. The van der Waals surface area contributed by atoms with Crippen molar-refractivity contribution in [3.8, 4) is 0 Å². The van der Waals surface area contributed by atoms with E-state index in [9.17, 15) is 18.4 Å². The summed E-state index contributed by atoms with van der Waals surface area (Å²) in [6.07, 6.45) is 3.58. The van der Waals surface area contributed by atoms with E-state index in [2.05, 4.69) is 21.9 Å². The summed E-state index contributed by atoms with van der Waals surface area (Å²) in [5.74, 6) is -2.08. The molecule has 0 aliphatic carbocycles. The van der Waals surface area contributed by atoms with Crippen molar-refractivity contribution in [2.45, 2.75) is 6.42 Å². The molecule has 2 heterocycles. The summed E-state index contributed by atoms with van der Waals surface area (Å²) >= 11 is 5.96. The predicted molar refractivity (Wildman–Crippen MR) is 110 cm³/mol. The van der Waals surface area contributed by atoms with E-state index < -0.39 is 23.6 Å². The van der Waals surface area contributed by atoms with E-state index in [0.717, 1.165) is 23.1 Å². The summed E-state index contributed by atoms with van der Waals surface area (Å²) < 4.78 is 26.7. The lowest BCUT2D eigenvalue weighted by molar-refractivity contribution is -0.115. The van der Waals surface area contributed by atoms with Crippen LogP contribution in [0.3, 0.4) is 0 Å². The Hall–Kier alpha value is -3.65. The van der Waals surface area contributed by atoms with E-state index in [1.165, 1.54) is 42.7 Å². The molecule has 0 aliphatic rings. The smallest absolute Gasteiger partial charge is 0.256 e. The summed E-state index contributed by atoms with van der Waals surface area (Å²) in [5, 5.41) is 2.81. The lowest BCUT2D eigenvalue weighted by Gasteiger charge is -2.20. The summed E-state index contributed by atoms with van der Waals surface area (Å²) in [6.45, 7) is 3.45. The van der Waals surface area contributed by atoms with Crippen molar-refractivity contribution in [2.75, 3.05) is 10.2 Å². The number of rotatable bonds is 6. The van der Waals surface area contributed by atoms with Gasteiger partial charge in [-0.2, -0.15) is 4.39 Å². The average Bonchev–Trinajstić information content (AvgIpc) is 2.70. The summed E-state index contributed by atoms with van der Waals surface area (Å²) in [6, 6.07) is 9.25. The number of nitrogens with zero attached hydrogens (tertiary/aromatic N) is 3. The maximum absolute atomic E-state index is 13.5. The first-order valence-electron chi connectivity index (χ1n) is 8.65. The third-order valence-electron chi connectivity index (χ3n) is 3.99. The molecule has 0 spiro atoms. The van der Waals surface area contributed by atoms with Gasteiger partial charge in [0.25, 0.3) is 5.91 Å². The molecule has 3 aromatic rings. The normalized spacial score (nSPS) is 10.4. The number of pyridine rings is 2. The number of nitrogens with one attached hydrogen (secondary N) is 1. The van der Waals surface area contributed by atoms with Crippen molar-refractivity contribution < 1.29 is 18.4 Å². The molecule has 0 unspecified atom stereocenters. The van der Waals surface area contributed by atoms with Crippen LogP contribution in [0.25, 0.3) is 0 Å². The largest absolute Gasteiger partial charge is 0.326 e. The predicted octanol–water partition coefficient (Wildman–Crippen LogP) is 4.44. The van der Waals surface area contributed by atoms with Gasteiger partial charge in [-0.25, -0.2) is 14.4 Å². The van der Waals surface area contributed by atoms with E-state index >= 15 is 0 Å². The van der Waals surface area contributed by atoms with Gasteiger partial charge in [-0.05, 0) is 35.9 Å². The van der Waals surface area contributed by atoms with Gasteiger partial charge in [-0.15, -0.1) is 0 Å². The molecule has 3 rings (SSSR count). The maximum atomic E-state index is 13.5. The summed E-state index contributed by atoms with van der Waals surface area (Å²) in [5.41, 5.74) is 1.00. The molecule has 152 valence electrons. The Morgan fingerprint density at radius 2 is 1.87 bits per heavy atom. The van der Waals surface area contributed by atoms with Crippen molar-refractivity contribution in [3.63, 3.8) is 0 Å². The van der Waals surface area contributed by atoms with Crippen LogP contribution in [0.1, 0.15) is 5.56 Å². The lowest BCUT2D eigenvalue weighted by Crippen LogP contribution is -2.25. The molecule has 1 aromatic carbocycles. The van der Waals surface area contributed by atoms with E-state index in [-0.39, 0.29) is 22.9 Å². The van der Waals surface area contributed by atoms with Crippen molar-refractivity contribution in [3.05, 3.63) is 89.9 Å². The highest BCUT2D eigenvalue weighted by molar-refractivity contribution is 6.31. The Morgan fingerprint density at radius 3 is 2.57 bits per heavy atom. The Balaban J connectivity index is 1.84. The molecule has 0 saturated carbocycles. The molecular formula is C21H15ClF2N4O2. The van der Waals surface area contributed by atoms with E-state index in [4.69, 9.17) is 11.6 Å². The summed E-state index contributed by atoms with van der Waals surface area (Å²) in [7, 11) is 0. The minimum Gasteiger partial charge on any atom is -0.326 e. The van der Waals surface area contributed by atoms with E-state index in [1.54, 1.807) is 0 Å². The molecule has 0 bridgehead atoms. The minimum absolute atomic E-state index is 0.0817. The SMILES string of the molecule is C=CC(=O)N(c1ccnc(F)c1)c1cc(NC(=O)Cc2ccc(F)cc2Cl)ccn1. The molecule has 0 atom stereocenters. The van der Waals surface area contributed by atoms with Gasteiger partial charge < -0.3 is 5.32 Å². The maximum Gasteiger partial charge on any atom is 0.256 e. The Kier molecular flexibility index (Phi) is 6.48. The molecular weight excluding hydrogens is 414 g/mol. The molecule has 30 heavy (non-hydrogen) atoms. The number of hydrogen-bond donors (Lipinski definition) is 1. The number of hydrogen-bond acceptors (Lipinski definition) is 4. The standard InChI is InChI=1S/C21H15ClF2N4O2/c1-2-21(30)28(16-6-8-25-18(24)12-16)19-11-15(5-7-26-19)27-20(29)9-13-3-4-14(23)10-17(13)22/h2-8,10-12H,1,9H2,(H,26,27,29). The van der Waals surface area contributed by atoms with Gasteiger partial charge in [-0.1, -0.05) is 24.2 Å². The molecule has 0 saturated heterocycles. The van der Waals surface area contributed by atoms with Gasteiger partial charge in [0.2, 0.25) is 11.9 Å². The second-order valence-electron chi connectivity index (χ2n) is 6.08. The van der Waals surface area contributed by atoms with E-state index in [1.807, 2.05) is 0 Å². The lowest BCUT2D eigenvalue weighted by atomic mass is 10.1. The molecule has 0 aliphatic heterocycles. The molecule has 1 N–H and O–H groups in total. The number of benzene rings is 1. The van der Waals surface area contributed by atoms with Crippen molar-refractivity contribution >= 4 is 40.6 Å². The van der Waals surface area contributed by atoms with Gasteiger partial charge in [0.15, 0.2) is 0 Å². The fourth-order valence-electron chi connectivity index (χ4n) is 2.66. The number of aromatic nitrogens is 2. The molecule has 2 amide bonds. The number of carbonyl (C=O) groups excluding carboxylic acids is 2. The highest BCUT2D eigenvalue weighted by Gasteiger charge is 2.18. The topological polar surface area (TPSA) is 75.2 Å². The van der Waals surface area contributed by atoms with Crippen LogP contribution in [0.2, 0.25) is 5.02 Å². The second-order valence-corrected chi connectivity index (χ2v) is 6.49. The molecule has 9 heteroatoms. The zero-order chi connectivity index (χ0) is 21.7. The monoisotopic (exact) mass is 428 g/mol. The fraction of sp³-hybridized carbons (Fsp3) is 0.0476. The second kappa shape index (κ2) is 9.23. The number of halogens is 3. The van der Waals surface area contributed by atoms with Crippen LogP contribution < -0.4 is 10.2 Å². The molecule has 0 radical (unpaired) electrons. The molecule has 6 nitrogen and oxygen atoms in total. The van der Waals surface area contributed by atoms with Crippen LogP contribution in [0.5, 0.6) is 0 Å². The van der Waals surface area contributed by atoms with Gasteiger partial charge in [0, 0.05) is 35.2 Å². The van der Waals surface area contributed by atoms with Gasteiger partial charge in [-0.3, -0.25) is 14.5 Å². The van der Waals surface area contributed by atoms with Gasteiger partial charge in [0.1, 0.15) is 11.6 Å². The number of anilines is 3. The highest BCUT2D eigenvalue weighted by atomic mass is 35.5. The van der Waals surface area contributed by atoms with Crippen molar-refractivity contribution in [1.82, 2.24) is 9.97 Å². The molecule has 0 fully saturated rings. The zero-order valence-corrected chi connectivity index (χ0v) is 16.2. The first kappa shape index (κ1) is 21.1. The third-order valence-corrected chi connectivity index (χ3v) is 4.34. The van der Waals surface area contributed by atoms with Crippen molar-refractivity contribution in [2.24, 2.45) is 0 Å². The number of carbonyl (C=O) groups is 2. The first-order valence-corrected chi connectivity index (χ1v) is 9.03. The first-order chi connectivity index (χ1) is 14.4. The number of amides is 2. The van der Waals surface area contributed by atoms with Crippen molar-refractivity contribution in [1.29, 1.82) is 0 Å². The van der Waals surface area contributed by atoms with Crippen LogP contribution in [-0.2, 0) is 16.0 Å². The van der Waals surface area contributed by atoms with Crippen LogP contribution >= 0.6 is 11.6 Å². The van der Waals surface area contributed by atoms with Crippen LogP contribution in [-0.4, -0.2) is 21.8 Å². The molecule has 2 aromatic heterocycles. The Bertz CT molecular complexity index is 1120. The quantitative estimate of drug-likeness (QED) is 0.465. The fourth-order valence-corrected chi connectivity index (χ4v) is 2.89. The van der Waals surface area contributed by atoms with E-state index in [0.29, 0.717) is 11.3 Å². The summed E-state index contributed by atoms with van der Waals surface area (Å²) in [4.78, 5) is 33.5. The van der Waals surface area contributed by atoms with Crippen LogP contribution in [0, 0.1) is 11.8 Å². The van der Waals surface area contributed by atoms with Crippen LogP contribution in [0.15, 0.2) is 67.5 Å². The average molecular weight is 429 g/mol. The zero-order valence-electron chi connectivity index (χ0n) is 15.5. The van der Waals surface area contributed by atoms with Crippen LogP contribution in [0.4, 0.5) is 26.0 Å².